The summed E-state index contributed by atoms with van der Waals surface area (Å²) >= 11 is 0. The van der Waals surface area contributed by atoms with Gasteiger partial charge in [-0.15, -0.1) is 64.2 Å². The minimum atomic E-state index is 0.575. The average molecular weight is 1030 g/mol. The summed E-state index contributed by atoms with van der Waals surface area (Å²) in [6.45, 7) is 0. The molecule has 11 aromatic carbocycles. The normalized spacial score (nSPS) is 10.3. The Labute approximate surface area is 481 Å². The van der Waals surface area contributed by atoms with E-state index in [1.54, 1.807) is 0 Å². The predicted molar refractivity (Wildman–Crippen MR) is 344 cm³/mol. The maximum absolute atomic E-state index is 6.40. The summed E-state index contributed by atoms with van der Waals surface area (Å²) in [6.07, 6.45) is 62.3. The first-order valence-electron chi connectivity index (χ1n) is 26.0. The summed E-state index contributed by atoms with van der Waals surface area (Å²) in [6, 6.07) is 64.8. The van der Waals surface area contributed by atoms with Crippen molar-refractivity contribution in [1.29, 1.82) is 0 Å². The van der Waals surface area contributed by atoms with E-state index in [0.29, 0.717) is 55.6 Å². The lowest BCUT2D eigenvalue weighted by Gasteiger charge is -2.22. The average Bonchev–Trinajstić information content (AvgIpc) is 2.78. The molecule has 0 heterocycles. The van der Waals surface area contributed by atoms with Crippen LogP contribution < -0.4 is 0 Å². The minimum Gasteiger partial charge on any atom is -0.115 e. The molecule has 0 saturated heterocycles. The number of hydrogen-bond acceptors (Lipinski definition) is 0. The van der Waals surface area contributed by atoms with E-state index in [2.05, 4.69) is 138 Å². The Morgan fingerprint density at radius 2 is 0.476 bits per heavy atom. The van der Waals surface area contributed by atoms with E-state index in [0.717, 1.165) is 111 Å². The van der Waals surface area contributed by atoms with Crippen LogP contribution in [0.4, 0.5) is 0 Å². The van der Waals surface area contributed by atoms with Crippen LogP contribution in [-0.4, -0.2) is 0 Å². The van der Waals surface area contributed by atoms with Gasteiger partial charge in [0, 0.05) is 55.6 Å². The van der Waals surface area contributed by atoms with Crippen molar-refractivity contribution in [3.63, 3.8) is 0 Å². The molecule has 0 radical (unpaired) electrons. The highest BCUT2D eigenvalue weighted by molar-refractivity contribution is 6.22. The van der Waals surface area contributed by atoms with Crippen LogP contribution in [0.25, 0.3) is 111 Å². The van der Waals surface area contributed by atoms with Crippen molar-refractivity contribution in [2.24, 2.45) is 0 Å². The second-order valence-corrected chi connectivity index (χ2v) is 19.2. The summed E-state index contributed by atoms with van der Waals surface area (Å²) < 4.78 is 0. The largest absolute Gasteiger partial charge is 0.115 e. The predicted octanol–water partition coefficient (Wildman–Crippen LogP) is 17.1. The van der Waals surface area contributed by atoms with Gasteiger partial charge in [-0.05, 0) is 171 Å². The Bertz CT molecular complexity index is 4750. The van der Waals surface area contributed by atoms with Gasteiger partial charge in [-0.1, -0.05) is 193 Å². The Morgan fingerprint density at radius 3 is 0.817 bits per heavy atom. The third kappa shape index (κ3) is 8.69. The van der Waals surface area contributed by atoms with E-state index in [9.17, 15) is 0 Å². The van der Waals surface area contributed by atoms with Gasteiger partial charge in [-0.3, -0.25) is 0 Å². The summed E-state index contributed by atoms with van der Waals surface area (Å²) in [4.78, 5) is 0. The first-order chi connectivity index (χ1) is 40.3. The highest BCUT2D eigenvalue weighted by atomic mass is 14.3. The number of benzene rings is 11. The molecule has 0 spiro atoms. The quantitative estimate of drug-likeness (QED) is 0.105. The van der Waals surface area contributed by atoms with Crippen molar-refractivity contribution in [2.45, 2.75) is 0 Å². The van der Waals surface area contributed by atoms with Gasteiger partial charge in [0.25, 0.3) is 0 Å². The van der Waals surface area contributed by atoms with E-state index in [-0.39, 0.29) is 0 Å². The number of rotatable bonds is 8. The molecule has 11 rings (SSSR count). The first-order valence-corrected chi connectivity index (χ1v) is 26.0. The number of terminal acetylenes is 10. The van der Waals surface area contributed by atoms with E-state index in [1.165, 1.54) is 0 Å². The van der Waals surface area contributed by atoms with Gasteiger partial charge in [0.05, 0.1) is 0 Å². The molecule has 0 bridgehead atoms. The van der Waals surface area contributed by atoms with Crippen molar-refractivity contribution < 1.29 is 0 Å². The Morgan fingerprint density at radius 1 is 0.183 bits per heavy atom. The molecule has 0 fully saturated rings. The van der Waals surface area contributed by atoms with Gasteiger partial charge in [0.15, 0.2) is 0 Å². The highest BCUT2D eigenvalue weighted by Crippen LogP contribution is 2.49. The van der Waals surface area contributed by atoms with Crippen LogP contribution in [-0.2, 0) is 0 Å². The molecule has 0 aliphatic heterocycles. The fourth-order valence-electron chi connectivity index (χ4n) is 11.5. The molecule has 0 aliphatic carbocycles. The molecule has 0 amide bonds. The lowest BCUT2D eigenvalue weighted by Crippen LogP contribution is -1.97. The highest BCUT2D eigenvalue weighted by Gasteiger charge is 2.24. The van der Waals surface area contributed by atoms with Gasteiger partial charge in [-0.25, -0.2) is 0 Å². The molecule has 11 aromatic rings. The molecule has 0 atom stereocenters. The molecular formula is C82H42. The number of hydrogen-bond donors (Lipinski definition) is 0. The Hall–Kier alpha value is -12.5. The fraction of sp³-hybridized carbons (Fsp3) is 0. The molecule has 0 aromatic heterocycles. The standard InChI is InChI=1S/C82H42/c1-11-53-30-25-39-68(63(53)16-6)58-44-46-72(70-41-27-32-55(13-3)65(70)18-8)79(51-58)60-48-61(80-52-59(69-40-26-31-54(12-2)64(69)17-7)45-47-73(80)71-42-28-33-56(14-4)66(71)19-9)50-62(49-60)81-75-35-21-23-37-77(75)82(78-38-24-22-36-76(78)81)74-43-29-34-57(15-5)67(74)20-10/h1-10,21-52H. The minimum absolute atomic E-state index is 0.575. The third-order valence-corrected chi connectivity index (χ3v) is 15.1. The second-order valence-electron chi connectivity index (χ2n) is 19.2. The second kappa shape index (κ2) is 21.9. The fourth-order valence-corrected chi connectivity index (χ4v) is 11.5. The van der Waals surface area contributed by atoms with Crippen molar-refractivity contribution >= 4 is 21.5 Å². The van der Waals surface area contributed by atoms with Crippen LogP contribution in [0.15, 0.2) is 194 Å². The number of fused-ring (bicyclic) bond motifs is 2. The van der Waals surface area contributed by atoms with Gasteiger partial charge in [-0.2, -0.15) is 0 Å². The molecule has 370 valence electrons. The molecular weight excluding hydrogens is 985 g/mol. The molecule has 82 heavy (non-hydrogen) atoms. The van der Waals surface area contributed by atoms with Gasteiger partial charge >= 0.3 is 0 Å². The molecule has 0 heteroatoms. The Kier molecular flexibility index (Phi) is 13.8. The van der Waals surface area contributed by atoms with E-state index < -0.39 is 0 Å². The summed E-state index contributed by atoms with van der Waals surface area (Å²) in [5.74, 6) is 28.7. The van der Waals surface area contributed by atoms with Gasteiger partial charge in [0.1, 0.15) is 0 Å². The van der Waals surface area contributed by atoms with Crippen LogP contribution in [0, 0.1) is 123 Å². The molecule has 0 unspecified atom stereocenters. The van der Waals surface area contributed by atoms with Gasteiger partial charge in [0.2, 0.25) is 0 Å². The van der Waals surface area contributed by atoms with Crippen LogP contribution in [0.1, 0.15) is 55.6 Å². The zero-order valence-corrected chi connectivity index (χ0v) is 44.2. The van der Waals surface area contributed by atoms with Crippen molar-refractivity contribution in [1.82, 2.24) is 0 Å². The third-order valence-electron chi connectivity index (χ3n) is 15.1. The molecule has 0 N–H and O–H groups in total. The molecule has 0 saturated carbocycles. The van der Waals surface area contributed by atoms with Crippen molar-refractivity contribution in [2.75, 3.05) is 0 Å². The zero-order chi connectivity index (χ0) is 57.0. The Balaban J connectivity index is 1.34. The monoisotopic (exact) mass is 1030 g/mol. The smallest absolute Gasteiger partial charge is 0.0477 e. The topological polar surface area (TPSA) is 0 Å². The lowest BCUT2D eigenvalue weighted by atomic mass is 9.81. The van der Waals surface area contributed by atoms with Crippen LogP contribution >= 0.6 is 0 Å². The van der Waals surface area contributed by atoms with Crippen molar-refractivity contribution in [3.8, 4) is 212 Å². The van der Waals surface area contributed by atoms with E-state index >= 15 is 0 Å². The molecule has 0 aliphatic rings. The SMILES string of the molecule is C#Cc1cccc(-c2ccc(-c3cccc(C#C)c3C#C)c(-c3cc(-c4cc(-c5cccc(C#C)c5C#C)ccc4-c4cccc(C#C)c4C#C)cc(-c4c5ccccc5c(-c5cccc(C#C)c5C#C)c5ccccc45)c3)c2)c1C#C. The van der Waals surface area contributed by atoms with Crippen molar-refractivity contribution in [3.05, 3.63) is 250 Å². The summed E-state index contributed by atoms with van der Waals surface area (Å²) in [5.41, 5.74) is 19.3. The van der Waals surface area contributed by atoms with Crippen LogP contribution in [0.5, 0.6) is 0 Å². The summed E-state index contributed by atoms with van der Waals surface area (Å²) in [5, 5.41) is 3.88. The van der Waals surface area contributed by atoms with Crippen LogP contribution in [0.2, 0.25) is 0 Å². The van der Waals surface area contributed by atoms with Gasteiger partial charge < -0.3 is 0 Å². The van der Waals surface area contributed by atoms with Crippen LogP contribution in [0.3, 0.4) is 0 Å². The molecule has 0 nitrogen and oxygen atoms in total. The van der Waals surface area contributed by atoms with E-state index in [1.807, 2.05) is 115 Å². The lowest BCUT2D eigenvalue weighted by molar-refractivity contribution is 1.50. The zero-order valence-electron chi connectivity index (χ0n) is 44.2. The maximum Gasteiger partial charge on any atom is 0.0477 e. The maximum atomic E-state index is 6.40. The van der Waals surface area contributed by atoms with E-state index in [4.69, 9.17) is 64.2 Å². The first kappa shape index (κ1) is 51.6. The summed E-state index contributed by atoms with van der Waals surface area (Å²) in [7, 11) is 0.